The van der Waals surface area contributed by atoms with Crippen molar-refractivity contribution in [3.05, 3.63) is 82.6 Å². The molecule has 1 aromatic heterocycles. The van der Waals surface area contributed by atoms with E-state index in [4.69, 9.17) is 23.2 Å². The molecule has 2 heterocycles. The van der Waals surface area contributed by atoms with Crippen LogP contribution in [-0.4, -0.2) is 37.8 Å². The maximum Gasteiger partial charge on any atom is 0.265 e. The number of fused-ring (bicyclic) bond motifs is 1. The number of halogens is 2. The Morgan fingerprint density at radius 3 is 2.53 bits per heavy atom. The molecule has 1 atom stereocenters. The molecule has 8 nitrogen and oxygen atoms in total. The van der Waals surface area contributed by atoms with Crippen LogP contribution in [0.2, 0.25) is 10.0 Å². The van der Waals surface area contributed by atoms with Gasteiger partial charge in [-0.3, -0.25) is 18.9 Å². The summed E-state index contributed by atoms with van der Waals surface area (Å²) in [7, 11) is -4.26. The molecule has 0 saturated carbocycles. The molecule has 0 spiro atoms. The van der Waals surface area contributed by atoms with E-state index in [0.717, 1.165) is 9.87 Å². The Balaban J connectivity index is 1.61. The molecule has 2 amide bonds. The molecule has 0 fully saturated rings. The number of hydrogen-bond donors (Lipinski definition) is 2. The van der Waals surface area contributed by atoms with Crippen molar-refractivity contribution in [1.82, 2.24) is 10.3 Å². The van der Waals surface area contributed by atoms with E-state index in [-0.39, 0.29) is 27.0 Å². The van der Waals surface area contributed by atoms with Crippen molar-refractivity contribution in [2.75, 3.05) is 16.2 Å². The molecular weight excluding hydrogens is 499 g/mol. The first-order valence-electron chi connectivity index (χ1n) is 10.3. The molecule has 34 heavy (non-hydrogen) atoms. The number of rotatable bonds is 7. The number of nitrogens with one attached hydrogen (secondary N) is 2. The van der Waals surface area contributed by atoms with Gasteiger partial charge in [-0.2, -0.15) is 0 Å². The Morgan fingerprint density at radius 2 is 1.79 bits per heavy atom. The van der Waals surface area contributed by atoms with E-state index in [0.29, 0.717) is 18.7 Å². The van der Waals surface area contributed by atoms with Crippen LogP contribution in [0.15, 0.2) is 71.9 Å². The van der Waals surface area contributed by atoms with Gasteiger partial charge in [0.15, 0.2) is 0 Å². The average molecular weight is 519 g/mol. The molecule has 0 bridgehead atoms. The monoisotopic (exact) mass is 518 g/mol. The van der Waals surface area contributed by atoms with Crippen molar-refractivity contribution in [3.63, 3.8) is 0 Å². The zero-order valence-corrected chi connectivity index (χ0v) is 20.1. The van der Waals surface area contributed by atoms with Gasteiger partial charge in [-0.05, 0) is 54.4 Å². The van der Waals surface area contributed by atoms with E-state index in [2.05, 4.69) is 15.6 Å². The standard InChI is InChI=1S/C23H20Cl2N4O4S/c24-17-6-5-16(13-18(17)25)34(32,33)29-20-4-2-1-3-19(20)28-23(31)21(29)14-22(30)27-12-9-15-7-10-26-11-8-15/h1-8,10-11,13,21H,9,12,14H2,(H,27,30)(H,28,31). The summed E-state index contributed by atoms with van der Waals surface area (Å²) in [6.45, 7) is 0.327. The fourth-order valence-electron chi connectivity index (χ4n) is 3.63. The predicted molar refractivity (Wildman–Crippen MR) is 131 cm³/mol. The van der Waals surface area contributed by atoms with E-state index >= 15 is 0 Å². The number of para-hydroxylation sites is 2. The van der Waals surface area contributed by atoms with Gasteiger partial charge in [-0.1, -0.05) is 35.3 Å². The van der Waals surface area contributed by atoms with E-state index in [1.165, 1.54) is 18.2 Å². The minimum Gasteiger partial charge on any atom is -0.356 e. The number of aromatic nitrogens is 1. The Morgan fingerprint density at radius 1 is 1.06 bits per heavy atom. The molecule has 176 valence electrons. The summed E-state index contributed by atoms with van der Waals surface area (Å²) in [6.07, 6.45) is 3.52. The third-order valence-corrected chi connectivity index (χ3v) is 7.85. The highest BCUT2D eigenvalue weighted by Crippen LogP contribution is 2.38. The van der Waals surface area contributed by atoms with Gasteiger partial charge in [0.25, 0.3) is 10.0 Å². The van der Waals surface area contributed by atoms with Gasteiger partial charge >= 0.3 is 0 Å². The number of carbonyl (C=O) groups excluding carboxylic acids is 2. The van der Waals surface area contributed by atoms with Gasteiger partial charge in [0.2, 0.25) is 11.8 Å². The number of amides is 2. The van der Waals surface area contributed by atoms with Crippen molar-refractivity contribution in [1.29, 1.82) is 0 Å². The molecule has 0 saturated heterocycles. The lowest BCUT2D eigenvalue weighted by Crippen LogP contribution is -2.52. The highest BCUT2D eigenvalue weighted by molar-refractivity contribution is 7.93. The van der Waals surface area contributed by atoms with Crippen molar-refractivity contribution in [2.24, 2.45) is 0 Å². The molecule has 1 unspecified atom stereocenters. The van der Waals surface area contributed by atoms with Crippen LogP contribution in [0.25, 0.3) is 0 Å². The number of hydrogen-bond acceptors (Lipinski definition) is 5. The topological polar surface area (TPSA) is 108 Å². The summed E-state index contributed by atoms with van der Waals surface area (Å²) in [5.74, 6) is -1.06. The first kappa shape index (κ1) is 24.0. The maximum atomic E-state index is 13.7. The van der Waals surface area contributed by atoms with Crippen molar-refractivity contribution >= 4 is 56.4 Å². The number of pyridine rings is 1. The largest absolute Gasteiger partial charge is 0.356 e. The van der Waals surface area contributed by atoms with Gasteiger partial charge in [0.05, 0.1) is 32.7 Å². The molecule has 2 aromatic carbocycles. The fraction of sp³-hybridized carbons (Fsp3) is 0.174. The van der Waals surface area contributed by atoms with Crippen LogP contribution in [0, 0.1) is 0 Å². The van der Waals surface area contributed by atoms with Gasteiger partial charge in [0, 0.05) is 18.9 Å². The molecule has 11 heteroatoms. The highest BCUT2D eigenvalue weighted by Gasteiger charge is 2.42. The van der Waals surface area contributed by atoms with Crippen LogP contribution in [-0.2, 0) is 26.0 Å². The van der Waals surface area contributed by atoms with Gasteiger partial charge in [-0.15, -0.1) is 0 Å². The first-order chi connectivity index (χ1) is 16.3. The van der Waals surface area contributed by atoms with E-state index in [9.17, 15) is 18.0 Å². The molecule has 2 N–H and O–H groups in total. The van der Waals surface area contributed by atoms with Crippen molar-refractivity contribution in [2.45, 2.75) is 23.8 Å². The summed E-state index contributed by atoms with van der Waals surface area (Å²) in [5, 5.41) is 5.70. The number of nitrogens with zero attached hydrogens (tertiary/aromatic N) is 2. The van der Waals surface area contributed by atoms with Crippen molar-refractivity contribution in [3.8, 4) is 0 Å². The Hall–Kier alpha value is -3.14. The molecule has 0 radical (unpaired) electrons. The summed E-state index contributed by atoms with van der Waals surface area (Å²) < 4.78 is 28.3. The zero-order valence-electron chi connectivity index (χ0n) is 17.7. The van der Waals surface area contributed by atoms with E-state index < -0.39 is 27.9 Å². The third kappa shape index (κ3) is 5.01. The number of anilines is 2. The zero-order chi connectivity index (χ0) is 24.3. The molecule has 1 aliphatic heterocycles. The Bertz CT molecular complexity index is 1340. The first-order valence-corrected chi connectivity index (χ1v) is 12.5. The van der Waals surface area contributed by atoms with Crippen LogP contribution in [0.4, 0.5) is 11.4 Å². The lowest BCUT2D eigenvalue weighted by molar-refractivity contribution is -0.125. The highest BCUT2D eigenvalue weighted by atomic mass is 35.5. The van der Waals surface area contributed by atoms with Crippen LogP contribution in [0.3, 0.4) is 0 Å². The molecule has 0 aliphatic carbocycles. The van der Waals surface area contributed by atoms with Crippen LogP contribution in [0.1, 0.15) is 12.0 Å². The van der Waals surface area contributed by atoms with Crippen LogP contribution in [0.5, 0.6) is 0 Å². The minimum absolute atomic E-state index is 0.0582. The predicted octanol–water partition coefficient (Wildman–Crippen LogP) is 3.65. The summed E-state index contributed by atoms with van der Waals surface area (Å²) in [6, 6.07) is 12.8. The SMILES string of the molecule is O=C(CC1C(=O)Nc2ccccc2N1S(=O)(=O)c1ccc(Cl)c(Cl)c1)NCCc1ccncc1. The maximum absolute atomic E-state index is 13.7. The summed E-state index contributed by atoms with van der Waals surface area (Å²) in [4.78, 5) is 29.5. The van der Waals surface area contributed by atoms with Crippen LogP contribution >= 0.6 is 23.2 Å². The second-order valence-electron chi connectivity index (χ2n) is 7.56. The second kappa shape index (κ2) is 10.0. The molecule has 4 rings (SSSR count). The number of benzene rings is 2. The fourth-order valence-corrected chi connectivity index (χ4v) is 5.65. The molecule has 1 aliphatic rings. The van der Waals surface area contributed by atoms with E-state index in [1.54, 1.807) is 36.7 Å². The minimum atomic E-state index is -4.26. The van der Waals surface area contributed by atoms with Crippen molar-refractivity contribution < 1.29 is 18.0 Å². The lowest BCUT2D eigenvalue weighted by Gasteiger charge is -2.36. The number of sulfonamides is 1. The normalized spacial score (nSPS) is 15.4. The van der Waals surface area contributed by atoms with E-state index in [1.807, 2.05) is 12.1 Å². The quantitative estimate of drug-likeness (QED) is 0.496. The Kier molecular flexibility index (Phi) is 7.06. The second-order valence-corrected chi connectivity index (χ2v) is 10.2. The average Bonchev–Trinajstić information content (AvgIpc) is 2.81. The Labute approximate surface area is 206 Å². The molecule has 3 aromatic rings. The van der Waals surface area contributed by atoms with Gasteiger partial charge in [-0.25, -0.2) is 8.42 Å². The third-order valence-electron chi connectivity index (χ3n) is 5.30. The van der Waals surface area contributed by atoms with Crippen LogP contribution < -0.4 is 14.9 Å². The van der Waals surface area contributed by atoms with Gasteiger partial charge < -0.3 is 10.6 Å². The summed E-state index contributed by atoms with van der Waals surface area (Å²) in [5.41, 5.74) is 1.57. The molecular formula is C23H20Cl2N4O4S. The lowest BCUT2D eigenvalue weighted by atomic mass is 10.1. The van der Waals surface area contributed by atoms with Gasteiger partial charge in [0.1, 0.15) is 6.04 Å². The smallest absolute Gasteiger partial charge is 0.265 e. The summed E-state index contributed by atoms with van der Waals surface area (Å²) >= 11 is 12.0. The number of carbonyl (C=O) groups is 2.